The SMILES string of the molecule is O=S(=O)(CCNc1nc(N2CCCCC2)nc2ccccc12)N1CCc2ccccc21. The maximum Gasteiger partial charge on any atom is 0.236 e. The van der Waals surface area contributed by atoms with E-state index in [9.17, 15) is 8.42 Å². The van der Waals surface area contributed by atoms with Crippen molar-refractivity contribution in [3.05, 3.63) is 54.1 Å². The van der Waals surface area contributed by atoms with Crippen molar-refractivity contribution >= 4 is 38.4 Å². The number of benzene rings is 2. The second-order valence-corrected chi connectivity index (χ2v) is 10.1. The number of piperidine rings is 1. The number of aromatic nitrogens is 2. The van der Waals surface area contributed by atoms with Gasteiger partial charge in [-0.2, -0.15) is 4.98 Å². The van der Waals surface area contributed by atoms with Crippen molar-refractivity contribution in [2.75, 3.05) is 46.5 Å². The summed E-state index contributed by atoms with van der Waals surface area (Å²) in [4.78, 5) is 11.7. The fourth-order valence-corrected chi connectivity index (χ4v) is 5.87. The molecule has 0 bridgehead atoms. The van der Waals surface area contributed by atoms with Gasteiger partial charge in [0, 0.05) is 31.6 Å². The van der Waals surface area contributed by atoms with Gasteiger partial charge in [-0.1, -0.05) is 30.3 Å². The molecule has 1 fully saturated rings. The molecule has 0 amide bonds. The van der Waals surface area contributed by atoms with Crippen molar-refractivity contribution in [1.82, 2.24) is 9.97 Å². The third-order valence-corrected chi connectivity index (χ3v) is 7.83. The van der Waals surface area contributed by atoms with Gasteiger partial charge in [-0.25, -0.2) is 13.4 Å². The summed E-state index contributed by atoms with van der Waals surface area (Å²) in [6.07, 6.45) is 4.30. The minimum Gasteiger partial charge on any atom is -0.368 e. The lowest BCUT2D eigenvalue weighted by Crippen LogP contribution is -2.34. The number of nitrogens with zero attached hydrogens (tertiary/aromatic N) is 4. The zero-order chi connectivity index (χ0) is 21.3. The van der Waals surface area contributed by atoms with E-state index in [0.717, 1.165) is 60.5 Å². The molecule has 31 heavy (non-hydrogen) atoms. The zero-order valence-electron chi connectivity index (χ0n) is 17.5. The van der Waals surface area contributed by atoms with Gasteiger partial charge in [0.2, 0.25) is 16.0 Å². The molecule has 2 aliphatic rings. The summed E-state index contributed by atoms with van der Waals surface area (Å²) >= 11 is 0. The number of hydrogen-bond donors (Lipinski definition) is 1. The molecule has 3 heterocycles. The first-order valence-electron chi connectivity index (χ1n) is 11.0. The highest BCUT2D eigenvalue weighted by Gasteiger charge is 2.28. The molecule has 162 valence electrons. The van der Waals surface area contributed by atoms with Crippen LogP contribution in [0.1, 0.15) is 24.8 Å². The lowest BCUT2D eigenvalue weighted by Gasteiger charge is -2.27. The lowest BCUT2D eigenvalue weighted by molar-refractivity contribution is 0.569. The van der Waals surface area contributed by atoms with Gasteiger partial charge in [0.05, 0.1) is 17.0 Å². The summed E-state index contributed by atoms with van der Waals surface area (Å²) in [6, 6.07) is 15.6. The maximum absolute atomic E-state index is 13.0. The highest BCUT2D eigenvalue weighted by atomic mass is 32.2. The highest BCUT2D eigenvalue weighted by Crippen LogP contribution is 2.30. The summed E-state index contributed by atoms with van der Waals surface area (Å²) < 4.78 is 27.6. The van der Waals surface area contributed by atoms with Crippen LogP contribution in [-0.2, 0) is 16.4 Å². The van der Waals surface area contributed by atoms with Crippen LogP contribution in [0.15, 0.2) is 48.5 Å². The predicted molar refractivity (Wildman–Crippen MR) is 125 cm³/mol. The second kappa shape index (κ2) is 8.34. The van der Waals surface area contributed by atoms with Crippen molar-refractivity contribution in [3.63, 3.8) is 0 Å². The summed E-state index contributed by atoms with van der Waals surface area (Å²) in [5.74, 6) is 1.43. The molecule has 2 aliphatic heterocycles. The van der Waals surface area contributed by atoms with E-state index in [1.54, 1.807) is 4.31 Å². The number of rotatable bonds is 6. The number of sulfonamides is 1. The highest BCUT2D eigenvalue weighted by molar-refractivity contribution is 7.92. The van der Waals surface area contributed by atoms with Crippen LogP contribution in [0.3, 0.4) is 0 Å². The molecule has 0 spiro atoms. The first kappa shape index (κ1) is 20.1. The van der Waals surface area contributed by atoms with E-state index in [2.05, 4.69) is 10.2 Å². The van der Waals surface area contributed by atoms with Gasteiger partial charge in [0.25, 0.3) is 0 Å². The van der Waals surface area contributed by atoms with Gasteiger partial charge in [-0.05, 0) is 49.4 Å². The predicted octanol–water partition coefficient (Wildman–Crippen LogP) is 3.42. The van der Waals surface area contributed by atoms with Gasteiger partial charge < -0.3 is 10.2 Å². The number of anilines is 3. The largest absolute Gasteiger partial charge is 0.368 e. The smallest absolute Gasteiger partial charge is 0.236 e. The van der Waals surface area contributed by atoms with Crippen molar-refractivity contribution in [1.29, 1.82) is 0 Å². The third-order valence-electron chi connectivity index (χ3n) is 6.06. The molecule has 2 aromatic carbocycles. The molecular formula is C23H27N5O2S. The molecule has 7 nitrogen and oxygen atoms in total. The molecule has 0 atom stereocenters. The number of fused-ring (bicyclic) bond motifs is 2. The Hall–Kier alpha value is -2.87. The summed E-state index contributed by atoms with van der Waals surface area (Å²) in [7, 11) is -3.41. The normalized spacial score (nSPS) is 16.5. The average molecular weight is 438 g/mol. The molecule has 1 aromatic heterocycles. The van der Waals surface area contributed by atoms with Crippen LogP contribution in [0.2, 0.25) is 0 Å². The maximum atomic E-state index is 13.0. The monoisotopic (exact) mass is 437 g/mol. The lowest BCUT2D eigenvalue weighted by atomic mass is 10.1. The molecule has 0 aliphatic carbocycles. The molecule has 0 radical (unpaired) electrons. The Kier molecular flexibility index (Phi) is 5.40. The van der Waals surface area contributed by atoms with Crippen LogP contribution in [0.25, 0.3) is 10.9 Å². The Bertz CT molecular complexity index is 1190. The minimum absolute atomic E-state index is 0.0126. The van der Waals surface area contributed by atoms with Gasteiger partial charge in [-0.15, -0.1) is 0 Å². The van der Waals surface area contributed by atoms with Crippen LogP contribution < -0.4 is 14.5 Å². The van der Waals surface area contributed by atoms with E-state index in [0.29, 0.717) is 18.9 Å². The first-order chi connectivity index (χ1) is 15.1. The fraction of sp³-hybridized carbons (Fsp3) is 0.391. The molecule has 5 rings (SSSR count). The van der Waals surface area contributed by atoms with Gasteiger partial charge in [-0.3, -0.25) is 4.31 Å². The number of hydrogen-bond acceptors (Lipinski definition) is 6. The topological polar surface area (TPSA) is 78.4 Å². The fourth-order valence-electron chi connectivity index (χ4n) is 4.44. The van der Waals surface area contributed by atoms with Crippen molar-refractivity contribution in [3.8, 4) is 0 Å². The average Bonchev–Trinajstić information content (AvgIpc) is 3.25. The summed E-state index contributed by atoms with van der Waals surface area (Å²) in [5, 5.41) is 4.20. The number of nitrogens with one attached hydrogen (secondary N) is 1. The Labute approximate surface area is 183 Å². The Morgan fingerprint density at radius 3 is 2.55 bits per heavy atom. The van der Waals surface area contributed by atoms with E-state index in [-0.39, 0.29) is 5.75 Å². The van der Waals surface area contributed by atoms with Crippen molar-refractivity contribution in [2.45, 2.75) is 25.7 Å². The molecule has 0 saturated carbocycles. The van der Waals surface area contributed by atoms with Crippen LogP contribution in [0.5, 0.6) is 0 Å². The Morgan fingerprint density at radius 1 is 0.903 bits per heavy atom. The van der Waals surface area contributed by atoms with E-state index >= 15 is 0 Å². The van der Waals surface area contributed by atoms with Gasteiger partial charge >= 0.3 is 0 Å². The van der Waals surface area contributed by atoms with Crippen LogP contribution in [0.4, 0.5) is 17.5 Å². The second-order valence-electron chi connectivity index (χ2n) is 8.13. The Balaban J connectivity index is 1.35. The molecular weight excluding hydrogens is 410 g/mol. The van der Waals surface area contributed by atoms with E-state index in [1.165, 1.54) is 6.42 Å². The molecule has 1 saturated heterocycles. The van der Waals surface area contributed by atoms with E-state index in [4.69, 9.17) is 9.97 Å². The third kappa shape index (κ3) is 4.04. The standard InChI is InChI=1S/C23H27N5O2S/c29-31(30,28-16-12-18-8-2-5-11-21(18)28)17-13-24-22-19-9-3-4-10-20(19)25-23(26-22)27-14-6-1-7-15-27/h2-5,8-11H,1,6-7,12-17H2,(H,24,25,26). The Morgan fingerprint density at radius 2 is 1.68 bits per heavy atom. The molecule has 3 aromatic rings. The van der Waals surface area contributed by atoms with E-state index in [1.807, 2.05) is 48.5 Å². The quantitative estimate of drug-likeness (QED) is 0.637. The van der Waals surface area contributed by atoms with Crippen LogP contribution in [-0.4, -0.2) is 50.3 Å². The van der Waals surface area contributed by atoms with Crippen molar-refractivity contribution in [2.24, 2.45) is 0 Å². The zero-order valence-corrected chi connectivity index (χ0v) is 18.3. The van der Waals surface area contributed by atoms with E-state index < -0.39 is 10.0 Å². The first-order valence-corrected chi connectivity index (χ1v) is 12.6. The summed E-state index contributed by atoms with van der Waals surface area (Å²) in [6.45, 7) is 2.72. The van der Waals surface area contributed by atoms with Crippen LogP contribution >= 0.6 is 0 Å². The van der Waals surface area contributed by atoms with Gasteiger partial charge in [0.15, 0.2) is 0 Å². The van der Waals surface area contributed by atoms with Gasteiger partial charge in [0.1, 0.15) is 5.82 Å². The molecule has 1 N–H and O–H groups in total. The minimum atomic E-state index is -3.41. The summed E-state index contributed by atoms with van der Waals surface area (Å²) in [5.41, 5.74) is 2.77. The molecule has 8 heteroatoms. The van der Waals surface area contributed by atoms with Crippen molar-refractivity contribution < 1.29 is 8.42 Å². The van der Waals surface area contributed by atoms with Crippen LogP contribution in [0, 0.1) is 0 Å². The molecule has 0 unspecified atom stereocenters. The number of para-hydroxylation sites is 2.